The number of nitrogens with one attached hydrogen (secondary N) is 1. The van der Waals surface area contributed by atoms with Gasteiger partial charge in [0, 0.05) is 24.2 Å². The van der Waals surface area contributed by atoms with Crippen LogP contribution in [0.4, 0.5) is 0 Å². The zero-order valence-corrected chi connectivity index (χ0v) is 8.93. The van der Waals surface area contributed by atoms with Gasteiger partial charge in [0.1, 0.15) is 5.03 Å². The number of nitrogens with zero attached hydrogens (tertiary/aromatic N) is 3. The summed E-state index contributed by atoms with van der Waals surface area (Å²) in [5.41, 5.74) is 0.982. The molecule has 4 nitrogen and oxygen atoms in total. The zero-order valence-electron chi connectivity index (χ0n) is 7.36. The lowest BCUT2D eigenvalue weighted by Crippen LogP contribution is -1.89. The highest BCUT2D eigenvalue weighted by Gasteiger charge is 2.05. The Morgan fingerprint density at radius 2 is 2.29 bits per heavy atom. The summed E-state index contributed by atoms with van der Waals surface area (Å²) < 4.78 is 0. The van der Waals surface area contributed by atoms with Crippen LogP contribution in [0, 0.1) is 6.92 Å². The smallest absolute Gasteiger partial charge is 0.223 e. The highest BCUT2D eigenvalue weighted by molar-refractivity contribution is 7.99. The largest absolute Gasteiger partial charge is 0.339 e. The molecule has 2 heterocycles. The average molecular weight is 227 g/mol. The van der Waals surface area contributed by atoms with Gasteiger partial charge in [-0.05, 0) is 30.3 Å². The van der Waals surface area contributed by atoms with Crippen molar-refractivity contribution < 1.29 is 0 Å². The lowest BCUT2D eigenvalue weighted by atomic mass is 10.4. The molecule has 0 aliphatic rings. The number of rotatable bonds is 2. The topological polar surface area (TPSA) is 54.5 Å². The molecule has 0 saturated heterocycles. The van der Waals surface area contributed by atoms with Gasteiger partial charge in [-0.1, -0.05) is 0 Å². The van der Waals surface area contributed by atoms with Crippen molar-refractivity contribution >= 4 is 23.4 Å². The molecule has 2 aromatic heterocycles. The van der Waals surface area contributed by atoms with Gasteiger partial charge in [-0.2, -0.15) is 0 Å². The summed E-state index contributed by atoms with van der Waals surface area (Å²) in [4.78, 5) is 15.1. The first-order chi connectivity index (χ1) is 6.75. The second kappa shape index (κ2) is 3.98. The van der Waals surface area contributed by atoms with Crippen molar-refractivity contribution in [3.05, 3.63) is 29.4 Å². The lowest BCUT2D eigenvalue weighted by molar-refractivity contribution is 0.985. The molecule has 0 unspecified atom stereocenters. The van der Waals surface area contributed by atoms with E-state index in [-0.39, 0.29) is 5.28 Å². The molecule has 0 bridgehead atoms. The van der Waals surface area contributed by atoms with E-state index < -0.39 is 0 Å². The van der Waals surface area contributed by atoms with Crippen LogP contribution in [0.25, 0.3) is 0 Å². The molecule has 14 heavy (non-hydrogen) atoms. The zero-order chi connectivity index (χ0) is 9.97. The second-order valence-corrected chi connectivity index (χ2v) is 3.94. The third-order valence-corrected chi connectivity index (χ3v) is 2.77. The summed E-state index contributed by atoms with van der Waals surface area (Å²) in [5.74, 6) is 0. The molecule has 0 saturated carbocycles. The average Bonchev–Trinajstić information content (AvgIpc) is 2.64. The third kappa shape index (κ3) is 2.05. The van der Waals surface area contributed by atoms with Crippen LogP contribution in [0.2, 0.25) is 5.28 Å². The van der Waals surface area contributed by atoms with E-state index in [0.717, 1.165) is 15.7 Å². The maximum absolute atomic E-state index is 5.69. The Labute approximate surface area is 90.1 Å². The van der Waals surface area contributed by atoms with Gasteiger partial charge >= 0.3 is 0 Å². The van der Waals surface area contributed by atoms with Crippen LogP contribution in [0.15, 0.2) is 28.8 Å². The van der Waals surface area contributed by atoms with Crippen molar-refractivity contribution in [3.8, 4) is 0 Å². The van der Waals surface area contributed by atoms with Gasteiger partial charge < -0.3 is 4.98 Å². The normalized spacial score (nSPS) is 10.4. The molecule has 2 aromatic rings. The number of H-pyrrole nitrogens is 1. The first-order valence-electron chi connectivity index (χ1n) is 3.92. The van der Waals surface area contributed by atoms with Gasteiger partial charge in [-0.25, -0.2) is 15.0 Å². The predicted octanol–water partition coefficient (Wildman–Crippen LogP) is 2.31. The van der Waals surface area contributed by atoms with E-state index in [1.54, 1.807) is 18.6 Å². The molecule has 0 spiro atoms. The Morgan fingerprint density at radius 3 is 3.00 bits per heavy atom. The fourth-order valence-electron chi connectivity index (χ4n) is 0.908. The first-order valence-corrected chi connectivity index (χ1v) is 5.11. The van der Waals surface area contributed by atoms with Crippen LogP contribution in [-0.2, 0) is 0 Å². The summed E-state index contributed by atoms with van der Waals surface area (Å²) in [6.07, 6.45) is 5.15. The third-order valence-electron chi connectivity index (χ3n) is 1.56. The maximum Gasteiger partial charge on any atom is 0.223 e. The standard InChI is InChI=1S/C8H7ClN4S/c1-5-4-12-7(9)13-6(5)14-8-10-2-3-11-8/h2-4H,1H3,(H,10,11). The van der Waals surface area contributed by atoms with Gasteiger partial charge in [0.05, 0.1) is 0 Å². The van der Waals surface area contributed by atoms with Crippen LogP contribution in [0.3, 0.4) is 0 Å². The molecule has 2 rings (SSSR count). The Bertz CT molecular complexity index is 429. The summed E-state index contributed by atoms with van der Waals surface area (Å²) in [6, 6.07) is 0. The molecule has 6 heteroatoms. The fraction of sp³-hybridized carbons (Fsp3) is 0.125. The minimum Gasteiger partial charge on any atom is -0.339 e. The van der Waals surface area contributed by atoms with Crippen molar-refractivity contribution in [1.29, 1.82) is 0 Å². The van der Waals surface area contributed by atoms with Crippen LogP contribution in [0.5, 0.6) is 0 Å². The van der Waals surface area contributed by atoms with Gasteiger partial charge in [0.25, 0.3) is 0 Å². The number of imidazole rings is 1. The number of aryl methyl sites for hydroxylation is 1. The summed E-state index contributed by atoms with van der Waals surface area (Å²) in [6.45, 7) is 1.93. The summed E-state index contributed by atoms with van der Waals surface area (Å²) in [5, 5.41) is 1.87. The Balaban J connectivity index is 2.28. The van der Waals surface area contributed by atoms with Gasteiger partial charge in [0.15, 0.2) is 5.16 Å². The Morgan fingerprint density at radius 1 is 1.43 bits per heavy atom. The van der Waals surface area contributed by atoms with Crippen LogP contribution < -0.4 is 0 Å². The highest BCUT2D eigenvalue weighted by atomic mass is 35.5. The number of hydrogen-bond donors (Lipinski definition) is 1. The van der Waals surface area contributed by atoms with E-state index in [1.807, 2.05) is 6.92 Å². The van der Waals surface area contributed by atoms with Crippen LogP contribution in [-0.4, -0.2) is 19.9 Å². The van der Waals surface area contributed by atoms with Crippen LogP contribution in [0.1, 0.15) is 5.56 Å². The van der Waals surface area contributed by atoms with E-state index in [2.05, 4.69) is 19.9 Å². The molecule has 72 valence electrons. The minimum atomic E-state index is 0.254. The number of halogens is 1. The Kier molecular flexibility index (Phi) is 2.69. The highest BCUT2D eigenvalue weighted by Crippen LogP contribution is 2.25. The lowest BCUT2D eigenvalue weighted by Gasteiger charge is -2.00. The molecule has 0 radical (unpaired) electrons. The fourth-order valence-corrected chi connectivity index (χ4v) is 1.86. The van der Waals surface area contributed by atoms with Gasteiger partial charge in [0.2, 0.25) is 5.28 Å². The van der Waals surface area contributed by atoms with Crippen molar-refractivity contribution in [2.45, 2.75) is 17.1 Å². The second-order valence-electron chi connectivity index (χ2n) is 2.62. The monoisotopic (exact) mass is 226 g/mol. The van der Waals surface area contributed by atoms with E-state index in [4.69, 9.17) is 11.6 Å². The van der Waals surface area contributed by atoms with E-state index >= 15 is 0 Å². The first kappa shape index (κ1) is 9.48. The maximum atomic E-state index is 5.69. The molecule has 0 amide bonds. The summed E-state index contributed by atoms with van der Waals surface area (Å²) in [7, 11) is 0. The van der Waals surface area contributed by atoms with E-state index in [1.165, 1.54) is 11.8 Å². The molecule has 0 atom stereocenters. The van der Waals surface area contributed by atoms with Crippen molar-refractivity contribution in [1.82, 2.24) is 19.9 Å². The van der Waals surface area contributed by atoms with Crippen molar-refractivity contribution in [2.75, 3.05) is 0 Å². The molecule has 0 fully saturated rings. The number of hydrogen-bond acceptors (Lipinski definition) is 4. The van der Waals surface area contributed by atoms with Crippen LogP contribution >= 0.6 is 23.4 Å². The summed E-state index contributed by atoms with van der Waals surface area (Å²) >= 11 is 7.12. The van der Waals surface area contributed by atoms with E-state index in [0.29, 0.717) is 0 Å². The van der Waals surface area contributed by atoms with Gasteiger partial charge in [-0.3, -0.25) is 0 Å². The molecule has 0 aliphatic carbocycles. The molecule has 0 aromatic carbocycles. The molecule has 1 N–H and O–H groups in total. The SMILES string of the molecule is Cc1cnc(Cl)nc1Sc1ncc[nH]1. The van der Waals surface area contributed by atoms with Crippen molar-refractivity contribution in [3.63, 3.8) is 0 Å². The molecular formula is C8H7ClN4S. The molecule has 0 aliphatic heterocycles. The molecular weight excluding hydrogens is 220 g/mol. The predicted molar refractivity (Wildman–Crippen MR) is 54.5 cm³/mol. The quantitative estimate of drug-likeness (QED) is 0.631. The number of aromatic nitrogens is 4. The number of aromatic amines is 1. The van der Waals surface area contributed by atoms with Crippen molar-refractivity contribution in [2.24, 2.45) is 0 Å². The van der Waals surface area contributed by atoms with E-state index in [9.17, 15) is 0 Å². The Hall–Kier alpha value is -1.07. The van der Waals surface area contributed by atoms with Gasteiger partial charge in [-0.15, -0.1) is 0 Å². The minimum absolute atomic E-state index is 0.254.